The molecule has 3 aromatic rings. The number of ether oxygens (including phenoxy) is 1. The number of aryl methyl sites for hydroxylation is 1. The largest absolute Gasteiger partial charge is 0.497 e. The van der Waals surface area contributed by atoms with Gasteiger partial charge in [0.15, 0.2) is 11.0 Å². The molecule has 0 unspecified atom stereocenters. The fourth-order valence-electron chi connectivity index (χ4n) is 2.15. The number of aromatic nitrogens is 4. The highest BCUT2D eigenvalue weighted by molar-refractivity contribution is 7.98. The molecule has 0 amide bonds. The van der Waals surface area contributed by atoms with Crippen LogP contribution in [0.3, 0.4) is 0 Å². The lowest BCUT2D eigenvalue weighted by atomic mass is 10.3. The number of thioether (sulfide) groups is 1. The molecule has 2 aromatic heterocycles. The number of benzene rings is 1. The third kappa shape index (κ3) is 3.54. The first-order valence-electron chi connectivity index (χ1n) is 7.04. The van der Waals surface area contributed by atoms with E-state index in [9.17, 15) is 0 Å². The van der Waals surface area contributed by atoms with Crippen LogP contribution in [-0.2, 0) is 12.3 Å². The number of thiazole rings is 1. The fourth-order valence-corrected chi connectivity index (χ4v) is 3.73. The second-order valence-electron chi connectivity index (χ2n) is 4.79. The maximum atomic E-state index is 5.81. The summed E-state index contributed by atoms with van der Waals surface area (Å²) in [6.45, 7) is 2.32. The minimum absolute atomic E-state index is 0.320. The van der Waals surface area contributed by atoms with Gasteiger partial charge in [0.25, 0.3) is 0 Å². The molecule has 8 heteroatoms. The highest BCUT2D eigenvalue weighted by atomic mass is 32.2. The van der Waals surface area contributed by atoms with Crippen LogP contribution >= 0.6 is 23.1 Å². The number of rotatable bonds is 6. The highest BCUT2D eigenvalue weighted by Gasteiger charge is 2.14. The third-order valence-corrected chi connectivity index (χ3v) is 5.00. The molecule has 0 aliphatic rings. The molecule has 2 heterocycles. The van der Waals surface area contributed by atoms with Crippen molar-refractivity contribution in [2.24, 2.45) is 5.73 Å². The van der Waals surface area contributed by atoms with E-state index in [1.54, 1.807) is 30.2 Å². The molecular formula is C15H17N5OS2. The molecule has 0 radical (unpaired) electrons. The molecule has 23 heavy (non-hydrogen) atoms. The van der Waals surface area contributed by atoms with Gasteiger partial charge in [-0.15, -0.1) is 21.5 Å². The van der Waals surface area contributed by atoms with Crippen molar-refractivity contribution in [1.82, 2.24) is 19.7 Å². The van der Waals surface area contributed by atoms with Crippen LogP contribution in [0.4, 0.5) is 0 Å². The summed E-state index contributed by atoms with van der Waals surface area (Å²) >= 11 is 3.25. The van der Waals surface area contributed by atoms with Gasteiger partial charge in [-0.2, -0.15) is 0 Å². The van der Waals surface area contributed by atoms with Crippen molar-refractivity contribution in [3.05, 3.63) is 46.2 Å². The Labute approximate surface area is 142 Å². The monoisotopic (exact) mass is 347 g/mol. The first-order chi connectivity index (χ1) is 11.2. The van der Waals surface area contributed by atoms with Gasteiger partial charge in [0, 0.05) is 17.2 Å². The van der Waals surface area contributed by atoms with Crippen LogP contribution in [0, 0.1) is 6.92 Å². The predicted molar refractivity (Wildman–Crippen MR) is 92.2 cm³/mol. The van der Waals surface area contributed by atoms with Gasteiger partial charge in [-0.05, 0) is 19.1 Å². The van der Waals surface area contributed by atoms with Crippen LogP contribution < -0.4 is 10.5 Å². The van der Waals surface area contributed by atoms with Crippen molar-refractivity contribution in [3.8, 4) is 11.4 Å². The van der Waals surface area contributed by atoms with Gasteiger partial charge in [0.2, 0.25) is 0 Å². The van der Waals surface area contributed by atoms with Crippen molar-refractivity contribution in [1.29, 1.82) is 0 Å². The van der Waals surface area contributed by atoms with Gasteiger partial charge in [-0.3, -0.25) is 4.57 Å². The molecule has 0 atom stereocenters. The van der Waals surface area contributed by atoms with Gasteiger partial charge in [-0.25, -0.2) is 4.98 Å². The van der Waals surface area contributed by atoms with Crippen molar-refractivity contribution < 1.29 is 4.74 Å². The summed E-state index contributed by atoms with van der Waals surface area (Å²) in [6.07, 6.45) is 0. The van der Waals surface area contributed by atoms with Crippen molar-refractivity contribution in [2.45, 2.75) is 24.4 Å². The molecule has 0 saturated heterocycles. The fraction of sp³-hybridized carbons (Fsp3) is 0.267. The maximum absolute atomic E-state index is 5.81. The lowest BCUT2D eigenvalue weighted by molar-refractivity contribution is 0.414. The average molecular weight is 347 g/mol. The molecule has 6 nitrogen and oxygen atoms in total. The lowest BCUT2D eigenvalue weighted by Gasteiger charge is -2.10. The van der Waals surface area contributed by atoms with E-state index in [1.807, 2.05) is 35.8 Å². The Morgan fingerprint density at radius 1 is 1.35 bits per heavy atom. The van der Waals surface area contributed by atoms with Crippen molar-refractivity contribution in [2.75, 3.05) is 7.11 Å². The van der Waals surface area contributed by atoms with Gasteiger partial charge < -0.3 is 10.5 Å². The Hall–Kier alpha value is -1.90. The number of nitrogens with zero attached hydrogens (tertiary/aromatic N) is 4. The zero-order valence-electron chi connectivity index (χ0n) is 12.9. The molecule has 0 bridgehead atoms. The first-order valence-corrected chi connectivity index (χ1v) is 8.90. The maximum Gasteiger partial charge on any atom is 0.196 e. The standard InChI is InChI=1S/C15H17N5OS2/c1-10-17-11(8-22-10)9-23-15-19-18-14(7-16)20(15)12-4-3-5-13(6-12)21-2/h3-6,8H,7,9,16H2,1-2H3. The van der Waals surface area contributed by atoms with Gasteiger partial charge in [0.05, 0.1) is 30.0 Å². The van der Waals surface area contributed by atoms with E-state index < -0.39 is 0 Å². The summed E-state index contributed by atoms with van der Waals surface area (Å²) < 4.78 is 7.26. The molecule has 0 aliphatic carbocycles. The Morgan fingerprint density at radius 2 is 2.22 bits per heavy atom. The SMILES string of the molecule is COc1cccc(-n2c(CN)nnc2SCc2csc(C)n2)c1. The second-order valence-corrected chi connectivity index (χ2v) is 6.79. The minimum Gasteiger partial charge on any atom is -0.497 e. The van der Waals surface area contributed by atoms with E-state index in [2.05, 4.69) is 20.6 Å². The molecule has 0 fully saturated rings. The van der Waals surface area contributed by atoms with E-state index in [-0.39, 0.29) is 0 Å². The molecule has 0 aliphatic heterocycles. The normalized spacial score (nSPS) is 10.9. The Kier molecular flexibility index (Phi) is 4.94. The summed E-state index contributed by atoms with van der Waals surface area (Å²) in [4.78, 5) is 4.48. The Morgan fingerprint density at radius 3 is 2.91 bits per heavy atom. The summed E-state index contributed by atoms with van der Waals surface area (Å²) in [5.41, 5.74) is 7.79. The van der Waals surface area contributed by atoms with E-state index in [0.29, 0.717) is 6.54 Å². The van der Waals surface area contributed by atoms with Crippen LogP contribution in [0.5, 0.6) is 5.75 Å². The summed E-state index contributed by atoms with van der Waals surface area (Å²) in [5, 5.41) is 12.4. The number of hydrogen-bond acceptors (Lipinski definition) is 7. The number of methoxy groups -OCH3 is 1. The minimum atomic E-state index is 0.320. The van der Waals surface area contributed by atoms with Gasteiger partial charge in [-0.1, -0.05) is 17.8 Å². The van der Waals surface area contributed by atoms with E-state index >= 15 is 0 Å². The molecule has 3 rings (SSSR count). The predicted octanol–water partition coefficient (Wildman–Crippen LogP) is 2.79. The second kappa shape index (κ2) is 7.12. The summed E-state index contributed by atoms with van der Waals surface area (Å²) in [5.74, 6) is 2.25. The Balaban J connectivity index is 1.90. The van der Waals surface area contributed by atoms with Crippen molar-refractivity contribution in [3.63, 3.8) is 0 Å². The van der Waals surface area contributed by atoms with Gasteiger partial charge >= 0.3 is 0 Å². The molecule has 120 valence electrons. The zero-order chi connectivity index (χ0) is 16.2. The molecule has 0 saturated carbocycles. The van der Waals surface area contributed by atoms with Gasteiger partial charge in [0.1, 0.15) is 5.75 Å². The zero-order valence-corrected chi connectivity index (χ0v) is 14.5. The molecule has 0 spiro atoms. The summed E-state index contributed by atoms with van der Waals surface area (Å²) in [6, 6.07) is 7.77. The third-order valence-electron chi connectivity index (χ3n) is 3.21. The van der Waals surface area contributed by atoms with Crippen LogP contribution in [0.2, 0.25) is 0 Å². The van der Waals surface area contributed by atoms with E-state index in [4.69, 9.17) is 10.5 Å². The Bertz CT molecular complexity index is 799. The van der Waals surface area contributed by atoms with Crippen LogP contribution in [0.25, 0.3) is 5.69 Å². The van der Waals surface area contributed by atoms with Crippen LogP contribution in [0.15, 0.2) is 34.8 Å². The quantitative estimate of drug-likeness (QED) is 0.691. The highest BCUT2D eigenvalue weighted by Crippen LogP contribution is 2.27. The topological polar surface area (TPSA) is 78.9 Å². The van der Waals surface area contributed by atoms with Crippen LogP contribution in [0.1, 0.15) is 16.5 Å². The molecule has 1 aromatic carbocycles. The molecular weight excluding hydrogens is 330 g/mol. The lowest BCUT2D eigenvalue weighted by Crippen LogP contribution is -2.07. The average Bonchev–Trinajstić information content (AvgIpc) is 3.18. The van der Waals surface area contributed by atoms with Crippen molar-refractivity contribution >= 4 is 23.1 Å². The number of nitrogens with two attached hydrogens (primary N) is 1. The van der Waals surface area contributed by atoms with E-state index in [0.717, 1.165) is 38.9 Å². The summed E-state index contributed by atoms with van der Waals surface area (Å²) in [7, 11) is 1.65. The smallest absolute Gasteiger partial charge is 0.196 e. The van der Waals surface area contributed by atoms with Crippen LogP contribution in [-0.4, -0.2) is 26.9 Å². The van der Waals surface area contributed by atoms with E-state index in [1.165, 1.54) is 0 Å². The molecule has 2 N–H and O–H groups in total. The first kappa shape index (κ1) is 16.0. The number of hydrogen-bond donors (Lipinski definition) is 1.